The fourth-order valence-electron chi connectivity index (χ4n) is 3.09. The fraction of sp³-hybridized carbons (Fsp3) is 0.562. The lowest BCUT2D eigenvalue weighted by atomic mass is 10.1. The highest BCUT2D eigenvalue weighted by molar-refractivity contribution is 5.85. The van der Waals surface area contributed by atoms with E-state index in [0.717, 1.165) is 32.0 Å². The van der Waals surface area contributed by atoms with Crippen LogP contribution in [0.15, 0.2) is 18.2 Å². The van der Waals surface area contributed by atoms with Crippen molar-refractivity contribution in [3.8, 4) is 0 Å². The summed E-state index contributed by atoms with van der Waals surface area (Å²) in [5.41, 5.74) is 0.717. The number of hydrogen-bond donors (Lipinski definition) is 2. The van der Waals surface area contributed by atoms with Crippen LogP contribution in [0.5, 0.6) is 0 Å². The number of hydrogen-bond acceptors (Lipinski definition) is 2. The molecule has 2 fully saturated rings. The lowest BCUT2D eigenvalue weighted by Gasteiger charge is -2.09. The van der Waals surface area contributed by atoms with Crippen molar-refractivity contribution in [2.75, 3.05) is 19.6 Å². The van der Waals surface area contributed by atoms with Crippen LogP contribution in [-0.2, 0) is 4.79 Å². The predicted octanol–water partition coefficient (Wildman–Crippen LogP) is 2.61. The van der Waals surface area contributed by atoms with E-state index in [-0.39, 0.29) is 30.2 Å². The fourth-order valence-corrected chi connectivity index (χ4v) is 3.09. The molecule has 2 N–H and O–H groups in total. The number of halogens is 3. The maximum atomic E-state index is 13.2. The Morgan fingerprint density at radius 2 is 2.14 bits per heavy atom. The third-order valence-corrected chi connectivity index (χ3v) is 4.51. The lowest BCUT2D eigenvalue weighted by molar-refractivity contribution is -0.122. The minimum atomic E-state index is -0.842. The van der Waals surface area contributed by atoms with Gasteiger partial charge in [-0.15, -0.1) is 12.4 Å². The minimum absolute atomic E-state index is 0. The largest absolute Gasteiger partial charge is 0.356 e. The number of carbonyl (C=O) groups excluding carboxylic acids is 1. The van der Waals surface area contributed by atoms with Crippen LogP contribution >= 0.6 is 12.4 Å². The first-order chi connectivity index (χ1) is 10.1. The van der Waals surface area contributed by atoms with Gasteiger partial charge < -0.3 is 10.6 Å². The molecule has 1 aromatic carbocycles. The molecular weight excluding hydrogens is 310 g/mol. The van der Waals surface area contributed by atoms with Gasteiger partial charge in [-0.25, -0.2) is 8.78 Å². The predicted molar refractivity (Wildman–Crippen MR) is 83.1 cm³/mol. The van der Waals surface area contributed by atoms with E-state index in [2.05, 4.69) is 10.6 Å². The Labute approximate surface area is 135 Å². The molecular formula is C16H21ClF2N2O. The Hall–Kier alpha value is -1.20. The molecule has 1 aliphatic heterocycles. The molecule has 3 nitrogen and oxygen atoms in total. The van der Waals surface area contributed by atoms with Crippen LogP contribution in [0.3, 0.4) is 0 Å². The first kappa shape index (κ1) is 17.2. The SMILES string of the molecule is Cl.O=C(NCCC1CCNC1)C1CC1c1ccc(F)c(F)c1. The average molecular weight is 331 g/mol. The van der Waals surface area contributed by atoms with Gasteiger partial charge in [-0.3, -0.25) is 4.79 Å². The molecule has 1 heterocycles. The van der Waals surface area contributed by atoms with E-state index in [1.165, 1.54) is 12.5 Å². The van der Waals surface area contributed by atoms with Gasteiger partial charge in [0.1, 0.15) is 0 Å². The van der Waals surface area contributed by atoms with E-state index in [0.29, 0.717) is 18.0 Å². The van der Waals surface area contributed by atoms with Crippen molar-refractivity contribution < 1.29 is 13.6 Å². The zero-order valence-electron chi connectivity index (χ0n) is 12.3. The van der Waals surface area contributed by atoms with Crippen LogP contribution in [0, 0.1) is 23.5 Å². The Morgan fingerprint density at radius 3 is 2.82 bits per heavy atom. The Bertz CT molecular complexity index is 535. The summed E-state index contributed by atoms with van der Waals surface area (Å²) >= 11 is 0. The van der Waals surface area contributed by atoms with E-state index in [1.807, 2.05) is 0 Å². The van der Waals surface area contributed by atoms with Crippen molar-refractivity contribution in [2.45, 2.75) is 25.2 Å². The van der Waals surface area contributed by atoms with E-state index >= 15 is 0 Å². The molecule has 0 bridgehead atoms. The number of nitrogens with one attached hydrogen (secondary N) is 2. The van der Waals surface area contributed by atoms with Crippen molar-refractivity contribution in [1.82, 2.24) is 10.6 Å². The molecule has 122 valence electrons. The van der Waals surface area contributed by atoms with Gasteiger partial charge in [0.05, 0.1) is 0 Å². The van der Waals surface area contributed by atoms with Crippen molar-refractivity contribution in [1.29, 1.82) is 0 Å². The molecule has 3 unspecified atom stereocenters. The van der Waals surface area contributed by atoms with Crippen LogP contribution in [0.2, 0.25) is 0 Å². The number of carbonyl (C=O) groups is 1. The second-order valence-electron chi connectivity index (χ2n) is 6.06. The van der Waals surface area contributed by atoms with Gasteiger partial charge in [-0.05, 0) is 61.9 Å². The Morgan fingerprint density at radius 1 is 1.32 bits per heavy atom. The molecule has 0 spiro atoms. The van der Waals surface area contributed by atoms with Crippen molar-refractivity contribution in [3.05, 3.63) is 35.4 Å². The smallest absolute Gasteiger partial charge is 0.223 e. The van der Waals surface area contributed by atoms with Crippen molar-refractivity contribution >= 4 is 18.3 Å². The second-order valence-corrected chi connectivity index (χ2v) is 6.06. The van der Waals surface area contributed by atoms with Gasteiger partial charge in [0.2, 0.25) is 5.91 Å². The zero-order chi connectivity index (χ0) is 14.8. The van der Waals surface area contributed by atoms with E-state index in [4.69, 9.17) is 0 Å². The molecule has 1 amide bonds. The zero-order valence-corrected chi connectivity index (χ0v) is 13.1. The standard InChI is InChI=1S/C16H20F2N2O.ClH/c17-14-2-1-11(7-15(14)18)12-8-13(12)16(21)20-6-4-10-3-5-19-9-10;/h1-2,7,10,12-13,19H,3-6,8-9H2,(H,20,21);1H. The molecule has 22 heavy (non-hydrogen) atoms. The highest BCUT2D eigenvalue weighted by atomic mass is 35.5. The summed E-state index contributed by atoms with van der Waals surface area (Å²) in [6.45, 7) is 2.81. The summed E-state index contributed by atoms with van der Waals surface area (Å²) in [5, 5.41) is 6.27. The van der Waals surface area contributed by atoms with E-state index in [9.17, 15) is 13.6 Å². The highest BCUT2D eigenvalue weighted by Gasteiger charge is 2.44. The molecule has 3 atom stereocenters. The topological polar surface area (TPSA) is 41.1 Å². The molecule has 3 rings (SSSR count). The molecule has 2 aliphatic rings. The summed E-state index contributed by atoms with van der Waals surface area (Å²) in [6.07, 6.45) is 2.90. The highest BCUT2D eigenvalue weighted by Crippen LogP contribution is 2.47. The van der Waals surface area contributed by atoms with Crippen LogP contribution in [-0.4, -0.2) is 25.5 Å². The van der Waals surface area contributed by atoms with Crippen LogP contribution in [0.25, 0.3) is 0 Å². The van der Waals surface area contributed by atoms with Crippen molar-refractivity contribution in [3.63, 3.8) is 0 Å². The minimum Gasteiger partial charge on any atom is -0.356 e. The molecule has 1 saturated carbocycles. The van der Waals surface area contributed by atoms with Gasteiger partial charge in [0, 0.05) is 12.5 Å². The quantitative estimate of drug-likeness (QED) is 0.871. The number of benzene rings is 1. The Kier molecular flexibility index (Phi) is 5.75. The summed E-state index contributed by atoms with van der Waals surface area (Å²) in [6, 6.07) is 3.91. The van der Waals surface area contributed by atoms with E-state index < -0.39 is 11.6 Å². The third kappa shape index (κ3) is 3.96. The van der Waals surface area contributed by atoms with Gasteiger partial charge in [0.25, 0.3) is 0 Å². The lowest BCUT2D eigenvalue weighted by Crippen LogP contribution is -2.28. The van der Waals surface area contributed by atoms with Crippen molar-refractivity contribution in [2.24, 2.45) is 11.8 Å². The average Bonchev–Trinajstić information content (AvgIpc) is 3.11. The molecule has 0 aromatic heterocycles. The monoisotopic (exact) mass is 330 g/mol. The van der Waals surface area contributed by atoms with Crippen LogP contribution in [0.1, 0.15) is 30.7 Å². The molecule has 1 aromatic rings. The van der Waals surface area contributed by atoms with Gasteiger partial charge >= 0.3 is 0 Å². The summed E-state index contributed by atoms with van der Waals surface area (Å²) in [7, 11) is 0. The molecule has 6 heteroatoms. The Balaban J connectivity index is 0.00000176. The summed E-state index contributed by atoms with van der Waals surface area (Å²) < 4.78 is 26.1. The molecule has 1 saturated heterocycles. The van der Waals surface area contributed by atoms with Gasteiger partial charge in [-0.1, -0.05) is 6.07 Å². The summed E-state index contributed by atoms with van der Waals surface area (Å²) in [5.74, 6) is -1.04. The van der Waals surface area contributed by atoms with Gasteiger partial charge in [-0.2, -0.15) is 0 Å². The second kappa shape index (κ2) is 7.38. The maximum Gasteiger partial charge on any atom is 0.223 e. The first-order valence-electron chi connectivity index (χ1n) is 7.58. The summed E-state index contributed by atoms with van der Waals surface area (Å²) in [4.78, 5) is 12.0. The number of amides is 1. The van der Waals surface area contributed by atoms with Gasteiger partial charge in [0.15, 0.2) is 11.6 Å². The molecule has 0 radical (unpaired) electrons. The maximum absolute atomic E-state index is 13.2. The molecule has 1 aliphatic carbocycles. The van der Waals surface area contributed by atoms with Crippen LogP contribution < -0.4 is 10.6 Å². The third-order valence-electron chi connectivity index (χ3n) is 4.51. The number of rotatable bonds is 5. The normalized spacial score (nSPS) is 26.4. The first-order valence-corrected chi connectivity index (χ1v) is 7.58. The van der Waals surface area contributed by atoms with E-state index in [1.54, 1.807) is 6.07 Å². The van der Waals surface area contributed by atoms with Crippen LogP contribution in [0.4, 0.5) is 8.78 Å².